The zero-order chi connectivity index (χ0) is 31.2. The normalized spacial score (nSPS) is 15.2. The van der Waals surface area contributed by atoms with E-state index < -0.39 is 18.8 Å². The number of esters is 1. The Morgan fingerprint density at radius 2 is 1.27 bits per heavy atom. The first-order valence-corrected chi connectivity index (χ1v) is 17.0. The molecule has 0 aliphatic carbocycles. The van der Waals surface area contributed by atoms with E-state index in [1.165, 1.54) is 15.9 Å². The lowest BCUT2D eigenvalue weighted by Crippen LogP contribution is -2.42. The number of nitrogens with one attached hydrogen (secondary N) is 1. The fraction of sp³-hybridized carbons (Fsp3) is 0.270. The fourth-order valence-corrected chi connectivity index (χ4v) is 10.9. The van der Waals surface area contributed by atoms with Gasteiger partial charge in [-0.1, -0.05) is 66.7 Å². The Morgan fingerprint density at radius 3 is 1.75 bits per heavy atom. The zero-order valence-electron chi connectivity index (χ0n) is 25.6. The van der Waals surface area contributed by atoms with Crippen LogP contribution in [0.5, 0.6) is 0 Å². The molecule has 2 amide bonds. The number of carbonyl (C=O) groups is 3. The Balaban J connectivity index is 1.32. The van der Waals surface area contributed by atoms with Crippen LogP contribution in [0.2, 0.25) is 0 Å². The van der Waals surface area contributed by atoms with E-state index >= 15 is 0 Å². The van der Waals surface area contributed by atoms with Crippen LogP contribution in [-0.2, 0) is 25.7 Å². The SMILES string of the molecule is CC(C)(C)OC(=O)CCC(=O)Nc1ccc(CN2CCC([P+](c3ccccc3)(c3ccccc3)c3ccccc3)C2=O)cc1. The lowest BCUT2D eigenvalue weighted by atomic mass is 10.2. The number of hydrogen-bond acceptors (Lipinski definition) is 4. The van der Waals surface area contributed by atoms with Crippen molar-refractivity contribution in [2.75, 3.05) is 11.9 Å². The third-order valence-electron chi connectivity index (χ3n) is 7.81. The van der Waals surface area contributed by atoms with Gasteiger partial charge in [-0.25, -0.2) is 0 Å². The van der Waals surface area contributed by atoms with Crippen molar-refractivity contribution in [1.29, 1.82) is 0 Å². The summed E-state index contributed by atoms with van der Waals surface area (Å²) < 4.78 is 5.28. The molecule has 1 fully saturated rings. The second-order valence-corrected chi connectivity index (χ2v) is 15.7. The quantitative estimate of drug-likeness (QED) is 0.182. The van der Waals surface area contributed by atoms with E-state index in [1.807, 2.05) is 47.4 Å². The first kappa shape index (κ1) is 31.2. The smallest absolute Gasteiger partial charge is 0.306 e. The molecule has 0 bridgehead atoms. The Morgan fingerprint density at radius 1 is 0.773 bits per heavy atom. The maximum atomic E-state index is 14.4. The molecule has 1 saturated heterocycles. The van der Waals surface area contributed by atoms with E-state index in [2.05, 4.69) is 78.1 Å². The molecule has 4 aromatic carbocycles. The van der Waals surface area contributed by atoms with Gasteiger partial charge in [0.25, 0.3) is 5.91 Å². The molecule has 1 N–H and O–H groups in total. The van der Waals surface area contributed by atoms with Gasteiger partial charge in [0.1, 0.15) is 28.8 Å². The monoisotopic (exact) mass is 607 g/mol. The molecule has 1 atom stereocenters. The van der Waals surface area contributed by atoms with Crippen molar-refractivity contribution in [1.82, 2.24) is 4.90 Å². The van der Waals surface area contributed by atoms with Crippen molar-refractivity contribution in [2.24, 2.45) is 0 Å². The van der Waals surface area contributed by atoms with Crippen LogP contribution in [0.1, 0.15) is 45.6 Å². The third kappa shape index (κ3) is 7.09. The molecule has 0 saturated carbocycles. The van der Waals surface area contributed by atoms with Crippen molar-refractivity contribution in [2.45, 2.75) is 57.8 Å². The Bertz CT molecular complexity index is 1470. The highest BCUT2D eigenvalue weighted by Crippen LogP contribution is 2.62. The zero-order valence-corrected chi connectivity index (χ0v) is 26.5. The molecule has 1 unspecified atom stereocenters. The van der Waals surface area contributed by atoms with E-state index in [1.54, 1.807) is 20.8 Å². The van der Waals surface area contributed by atoms with Crippen LogP contribution in [0, 0.1) is 0 Å². The number of anilines is 1. The summed E-state index contributed by atoms with van der Waals surface area (Å²) in [7, 11) is -2.32. The summed E-state index contributed by atoms with van der Waals surface area (Å²) >= 11 is 0. The number of amides is 2. The second kappa shape index (κ2) is 13.6. The van der Waals surface area contributed by atoms with E-state index in [0.717, 1.165) is 12.0 Å². The van der Waals surface area contributed by atoms with Gasteiger partial charge in [0, 0.05) is 31.6 Å². The first-order valence-electron chi connectivity index (χ1n) is 15.1. The first-order chi connectivity index (χ1) is 21.2. The van der Waals surface area contributed by atoms with Crippen molar-refractivity contribution >= 4 is 46.6 Å². The molecule has 1 heterocycles. The molecular weight excluding hydrogens is 567 g/mol. The molecule has 226 valence electrons. The largest absolute Gasteiger partial charge is 0.460 e. The maximum absolute atomic E-state index is 14.4. The van der Waals surface area contributed by atoms with Crippen LogP contribution in [0.3, 0.4) is 0 Å². The average molecular weight is 608 g/mol. The molecule has 5 rings (SSSR count). The van der Waals surface area contributed by atoms with Crippen molar-refractivity contribution in [3.05, 3.63) is 121 Å². The minimum Gasteiger partial charge on any atom is -0.460 e. The van der Waals surface area contributed by atoms with Crippen molar-refractivity contribution < 1.29 is 19.1 Å². The van der Waals surface area contributed by atoms with Crippen LogP contribution < -0.4 is 21.2 Å². The molecule has 6 nitrogen and oxygen atoms in total. The highest BCUT2D eigenvalue weighted by molar-refractivity contribution is 7.96. The fourth-order valence-electron chi connectivity index (χ4n) is 5.96. The molecule has 0 aromatic heterocycles. The van der Waals surface area contributed by atoms with Gasteiger partial charge in [-0.3, -0.25) is 14.4 Å². The lowest BCUT2D eigenvalue weighted by Gasteiger charge is -2.32. The van der Waals surface area contributed by atoms with Gasteiger partial charge >= 0.3 is 5.97 Å². The van der Waals surface area contributed by atoms with Crippen LogP contribution in [0.4, 0.5) is 5.69 Å². The van der Waals surface area contributed by atoms with E-state index in [-0.39, 0.29) is 30.3 Å². The summed E-state index contributed by atoms with van der Waals surface area (Å²) in [5.74, 6) is -0.464. The molecule has 0 spiro atoms. The number of benzene rings is 4. The summed E-state index contributed by atoms with van der Waals surface area (Å²) in [6, 6.07) is 39.2. The number of hydrogen-bond donors (Lipinski definition) is 1. The lowest BCUT2D eigenvalue weighted by molar-refractivity contribution is -0.155. The van der Waals surface area contributed by atoms with E-state index in [0.29, 0.717) is 18.8 Å². The molecule has 4 aromatic rings. The molecule has 1 aliphatic heterocycles. The predicted octanol–water partition coefficient (Wildman–Crippen LogP) is 5.84. The molecule has 0 radical (unpaired) electrons. The van der Waals surface area contributed by atoms with Gasteiger partial charge in [-0.05, 0) is 74.9 Å². The summed E-state index contributed by atoms with van der Waals surface area (Å²) in [5, 5.41) is 6.49. The highest BCUT2D eigenvalue weighted by atomic mass is 31.2. The number of likely N-dealkylation sites (tertiary alicyclic amines) is 1. The third-order valence-corrected chi connectivity index (χ3v) is 12.6. The average Bonchev–Trinajstić information content (AvgIpc) is 3.38. The van der Waals surface area contributed by atoms with Gasteiger partial charge in [0.2, 0.25) is 5.91 Å². The van der Waals surface area contributed by atoms with Crippen LogP contribution in [0.15, 0.2) is 115 Å². The Labute approximate surface area is 260 Å². The number of nitrogens with zero attached hydrogens (tertiary/aromatic N) is 1. The predicted molar refractivity (Wildman–Crippen MR) is 179 cm³/mol. The topological polar surface area (TPSA) is 75.7 Å². The standard InChI is InChI=1S/C37H39N2O4P/c1-37(2,3)43-35(41)24-23-34(40)38-29-21-19-28(20-22-29)27-39-26-25-33(36(39)42)44(30-13-7-4-8-14-30,31-15-9-5-10-16-31)32-17-11-6-12-18-32/h4-22,33H,23-27H2,1-3H3/p+1. The van der Waals surface area contributed by atoms with Gasteiger partial charge in [0.15, 0.2) is 5.66 Å². The van der Waals surface area contributed by atoms with Gasteiger partial charge in [-0.15, -0.1) is 0 Å². The van der Waals surface area contributed by atoms with Crippen molar-refractivity contribution in [3.63, 3.8) is 0 Å². The molecule has 7 heteroatoms. The van der Waals surface area contributed by atoms with Gasteiger partial charge in [0.05, 0.1) is 6.42 Å². The minimum absolute atomic E-state index is 0.0263. The molecule has 1 aliphatic rings. The molecular formula is C37H40N2O4P+. The van der Waals surface area contributed by atoms with Crippen LogP contribution in [0.25, 0.3) is 0 Å². The van der Waals surface area contributed by atoms with E-state index in [9.17, 15) is 14.4 Å². The van der Waals surface area contributed by atoms with Crippen molar-refractivity contribution in [3.8, 4) is 0 Å². The number of rotatable bonds is 10. The van der Waals surface area contributed by atoms with Crippen LogP contribution >= 0.6 is 7.26 Å². The maximum Gasteiger partial charge on any atom is 0.306 e. The number of carbonyl (C=O) groups excluding carboxylic acids is 3. The number of ether oxygens (including phenoxy) is 1. The van der Waals surface area contributed by atoms with Gasteiger partial charge in [-0.2, -0.15) is 0 Å². The highest BCUT2D eigenvalue weighted by Gasteiger charge is 2.58. The van der Waals surface area contributed by atoms with E-state index in [4.69, 9.17) is 4.74 Å². The summed E-state index contributed by atoms with van der Waals surface area (Å²) in [6.07, 6.45) is 0.852. The Kier molecular flexibility index (Phi) is 9.61. The molecule has 44 heavy (non-hydrogen) atoms. The van der Waals surface area contributed by atoms with Crippen LogP contribution in [-0.4, -0.2) is 40.5 Å². The second-order valence-electron chi connectivity index (χ2n) is 12.1. The summed E-state index contributed by atoms with van der Waals surface area (Å²) in [6.45, 7) is 6.59. The summed E-state index contributed by atoms with van der Waals surface area (Å²) in [5.41, 5.74) is 0.899. The minimum atomic E-state index is -2.32. The summed E-state index contributed by atoms with van der Waals surface area (Å²) in [4.78, 5) is 40.7. The van der Waals surface area contributed by atoms with Gasteiger partial charge < -0.3 is 15.0 Å². The Hall–Kier alpha value is -4.28.